The Labute approximate surface area is 172 Å². The topological polar surface area (TPSA) is 92.8 Å². The van der Waals surface area contributed by atoms with Crippen LogP contribution in [0.3, 0.4) is 0 Å². The van der Waals surface area contributed by atoms with Gasteiger partial charge in [-0.3, -0.25) is 19.3 Å². The van der Waals surface area contributed by atoms with Crippen LogP contribution in [0.15, 0.2) is 48.5 Å². The fraction of sp³-hybridized carbons (Fsp3) is 0.238. The summed E-state index contributed by atoms with van der Waals surface area (Å²) in [6, 6.07) is 12.7. The maximum Gasteiger partial charge on any atom is 0.338 e. The standard InChI is InChI=1S/C21H19ClN2O5/c1-13(16-4-2-3-5-17(16)22)23-18(25)12-29-21(28)14-6-8-15(9-7-14)24-19(26)10-11-20(24)27/h2-9,13H,10-12H2,1H3,(H,23,25)/t13-/m0/s1. The van der Waals surface area contributed by atoms with Gasteiger partial charge in [0.1, 0.15) is 0 Å². The number of carbonyl (C=O) groups is 4. The zero-order valence-electron chi connectivity index (χ0n) is 15.7. The lowest BCUT2D eigenvalue weighted by molar-refractivity contribution is -0.125. The molecule has 1 aliphatic rings. The maximum absolute atomic E-state index is 12.1. The van der Waals surface area contributed by atoms with Crippen LogP contribution in [0.1, 0.15) is 41.7 Å². The number of carbonyl (C=O) groups excluding carboxylic acids is 4. The van der Waals surface area contributed by atoms with Gasteiger partial charge in [0.15, 0.2) is 6.61 Å². The number of nitrogens with one attached hydrogen (secondary N) is 1. The Morgan fingerprint density at radius 1 is 1.07 bits per heavy atom. The lowest BCUT2D eigenvalue weighted by Gasteiger charge is -2.16. The van der Waals surface area contributed by atoms with E-state index in [9.17, 15) is 19.2 Å². The SMILES string of the molecule is C[C@H](NC(=O)COC(=O)c1ccc(N2C(=O)CCC2=O)cc1)c1ccccc1Cl. The molecule has 0 aromatic heterocycles. The summed E-state index contributed by atoms with van der Waals surface area (Å²) in [5, 5.41) is 3.25. The van der Waals surface area contributed by atoms with E-state index in [2.05, 4.69) is 5.32 Å². The first-order valence-electron chi connectivity index (χ1n) is 9.03. The molecule has 1 atom stereocenters. The van der Waals surface area contributed by atoms with Gasteiger partial charge in [-0.25, -0.2) is 4.79 Å². The Hall–Kier alpha value is -3.19. The monoisotopic (exact) mass is 414 g/mol. The van der Waals surface area contributed by atoms with E-state index in [0.29, 0.717) is 10.7 Å². The van der Waals surface area contributed by atoms with E-state index in [-0.39, 0.29) is 36.3 Å². The first-order chi connectivity index (χ1) is 13.9. The molecule has 2 aromatic rings. The smallest absolute Gasteiger partial charge is 0.338 e. The first kappa shape index (κ1) is 20.5. The predicted octanol–water partition coefficient (Wildman–Crippen LogP) is 3.03. The number of hydrogen-bond donors (Lipinski definition) is 1. The number of nitrogens with zero attached hydrogens (tertiary/aromatic N) is 1. The van der Waals surface area contributed by atoms with Crippen molar-refractivity contribution in [1.29, 1.82) is 0 Å². The van der Waals surface area contributed by atoms with E-state index >= 15 is 0 Å². The lowest BCUT2D eigenvalue weighted by atomic mass is 10.1. The third kappa shape index (κ3) is 4.81. The van der Waals surface area contributed by atoms with Gasteiger partial charge in [-0.1, -0.05) is 29.8 Å². The Morgan fingerprint density at radius 2 is 1.69 bits per heavy atom. The number of amides is 3. The van der Waals surface area contributed by atoms with Crippen LogP contribution in [-0.4, -0.2) is 30.3 Å². The average Bonchev–Trinajstić information content (AvgIpc) is 3.04. The Balaban J connectivity index is 1.54. The van der Waals surface area contributed by atoms with E-state index in [1.807, 2.05) is 6.07 Å². The van der Waals surface area contributed by atoms with Crippen LogP contribution < -0.4 is 10.2 Å². The van der Waals surface area contributed by atoms with E-state index in [1.165, 1.54) is 24.3 Å². The molecule has 150 valence electrons. The second-order valence-corrected chi connectivity index (χ2v) is 6.96. The van der Waals surface area contributed by atoms with Crippen LogP contribution in [0.25, 0.3) is 0 Å². The summed E-state index contributed by atoms with van der Waals surface area (Å²) in [7, 11) is 0. The maximum atomic E-state index is 12.1. The summed E-state index contributed by atoms with van der Waals surface area (Å²) in [5.41, 5.74) is 1.37. The van der Waals surface area contributed by atoms with Crippen molar-refractivity contribution in [3.05, 3.63) is 64.7 Å². The van der Waals surface area contributed by atoms with Crippen molar-refractivity contribution in [2.45, 2.75) is 25.8 Å². The Bertz CT molecular complexity index is 942. The number of anilines is 1. The van der Waals surface area contributed by atoms with E-state index in [0.717, 1.165) is 10.5 Å². The molecule has 0 spiro atoms. The molecule has 8 heteroatoms. The summed E-state index contributed by atoms with van der Waals surface area (Å²) >= 11 is 6.11. The molecule has 0 radical (unpaired) electrons. The fourth-order valence-electron chi connectivity index (χ4n) is 3.01. The zero-order chi connectivity index (χ0) is 21.0. The normalized spacial score (nSPS) is 14.6. The largest absolute Gasteiger partial charge is 0.452 e. The summed E-state index contributed by atoms with van der Waals surface area (Å²) in [6.07, 6.45) is 0.370. The van der Waals surface area contributed by atoms with Crippen molar-refractivity contribution in [3.8, 4) is 0 Å². The van der Waals surface area contributed by atoms with Crippen LogP contribution in [0.4, 0.5) is 5.69 Å². The quantitative estimate of drug-likeness (QED) is 0.579. The summed E-state index contributed by atoms with van der Waals surface area (Å²) < 4.78 is 5.03. The molecular formula is C21H19ClN2O5. The lowest BCUT2D eigenvalue weighted by Crippen LogP contribution is -2.31. The molecule has 0 bridgehead atoms. The molecule has 1 N–H and O–H groups in total. The van der Waals surface area contributed by atoms with Crippen LogP contribution in [0.2, 0.25) is 5.02 Å². The number of ether oxygens (including phenoxy) is 1. The molecular weight excluding hydrogens is 396 g/mol. The van der Waals surface area contributed by atoms with Gasteiger partial charge in [0.2, 0.25) is 11.8 Å². The molecule has 0 unspecified atom stereocenters. The fourth-order valence-corrected chi connectivity index (χ4v) is 3.31. The molecule has 1 aliphatic heterocycles. The van der Waals surface area contributed by atoms with Gasteiger partial charge < -0.3 is 10.1 Å². The third-order valence-corrected chi connectivity index (χ3v) is 4.84. The molecule has 1 heterocycles. The van der Waals surface area contributed by atoms with Gasteiger partial charge in [0.05, 0.1) is 17.3 Å². The minimum absolute atomic E-state index is 0.185. The molecule has 29 heavy (non-hydrogen) atoms. The predicted molar refractivity (Wildman–Crippen MR) is 106 cm³/mol. The Kier molecular flexibility index (Phi) is 6.29. The molecule has 2 aromatic carbocycles. The van der Waals surface area contributed by atoms with Gasteiger partial charge in [-0.2, -0.15) is 0 Å². The van der Waals surface area contributed by atoms with Gasteiger partial charge >= 0.3 is 5.97 Å². The van der Waals surface area contributed by atoms with E-state index < -0.39 is 18.5 Å². The van der Waals surface area contributed by atoms with Crippen molar-refractivity contribution in [2.75, 3.05) is 11.5 Å². The number of halogens is 1. The average molecular weight is 415 g/mol. The number of benzene rings is 2. The molecule has 3 rings (SSSR count). The van der Waals surface area contributed by atoms with Crippen molar-refractivity contribution < 1.29 is 23.9 Å². The van der Waals surface area contributed by atoms with E-state index in [4.69, 9.17) is 16.3 Å². The summed E-state index contributed by atoms with van der Waals surface area (Å²) in [5.74, 6) is -1.68. The van der Waals surface area contributed by atoms with Crippen molar-refractivity contribution in [1.82, 2.24) is 5.32 Å². The highest BCUT2D eigenvalue weighted by atomic mass is 35.5. The molecule has 0 saturated carbocycles. The zero-order valence-corrected chi connectivity index (χ0v) is 16.4. The van der Waals surface area contributed by atoms with Gasteiger partial charge in [0, 0.05) is 17.9 Å². The van der Waals surface area contributed by atoms with Crippen LogP contribution in [-0.2, 0) is 19.1 Å². The van der Waals surface area contributed by atoms with Crippen molar-refractivity contribution >= 4 is 41.0 Å². The highest BCUT2D eigenvalue weighted by molar-refractivity contribution is 6.31. The number of esters is 1. The van der Waals surface area contributed by atoms with Gasteiger partial charge in [-0.05, 0) is 42.8 Å². The Morgan fingerprint density at radius 3 is 2.31 bits per heavy atom. The molecule has 1 saturated heterocycles. The van der Waals surface area contributed by atoms with Crippen LogP contribution >= 0.6 is 11.6 Å². The van der Waals surface area contributed by atoms with Crippen molar-refractivity contribution in [3.63, 3.8) is 0 Å². The van der Waals surface area contributed by atoms with Crippen LogP contribution in [0.5, 0.6) is 0 Å². The molecule has 0 aliphatic carbocycles. The highest BCUT2D eigenvalue weighted by Gasteiger charge is 2.30. The highest BCUT2D eigenvalue weighted by Crippen LogP contribution is 2.23. The number of rotatable bonds is 6. The van der Waals surface area contributed by atoms with Gasteiger partial charge in [0.25, 0.3) is 5.91 Å². The van der Waals surface area contributed by atoms with Crippen LogP contribution in [0, 0.1) is 0 Å². The molecule has 1 fully saturated rings. The minimum Gasteiger partial charge on any atom is -0.452 e. The van der Waals surface area contributed by atoms with E-state index in [1.54, 1.807) is 25.1 Å². The molecule has 7 nitrogen and oxygen atoms in total. The summed E-state index contributed by atoms with van der Waals surface area (Å²) in [6.45, 7) is 1.33. The minimum atomic E-state index is -0.684. The summed E-state index contributed by atoms with van der Waals surface area (Å²) in [4.78, 5) is 48.8. The third-order valence-electron chi connectivity index (χ3n) is 4.50. The van der Waals surface area contributed by atoms with Crippen molar-refractivity contribution in [2.24, 2.45) is 0 Å². The first-order valence-corrected chi connectivity index (χ1v) is 9.41. The number of hydrogen-bond acceptors (Lipinski definition) is 5. The van der Waals surface area contributed by atoms with Gasteiger partial charge in [-0.15, -0.1) is 0 Å². The number of imide groups is 1. The second kappa shape index (κ2) is 8.87. The second-order valence-electron chi connectivity index (χ2n) is 6.56. The molecule has 3 amide bonds.